The highest BCUT2D eigenvalue weighted by molar-refractivity contribution is 7.13. The van der Waals surface area contributed by atoms with Crippen LogP contribution in [0, 0.1) is 13.8 Å². The highest BCUT2D eigenvalue weighted by atomic mass is 32.1. The van der Waals surface area contributed by atoms with Crippen LogP contribution in [-0.4, -0.2) is 22.4 Å². The van der Waals surface area contributed by atoms with Gasteiger partial charge in [0, 0.05) is 23.4 Å². The fourth-order valence-electron chi connectivity index (χ4n) is 2.61. The van der Waals surface area contributed by atoms with E-state index in [2.05, 4.69) is 58.8 Å². The van der Waals surface area contributed by atoms with E-state index in [9.17, 15) is 4.79 Å². The van der Waals surface area contributed by atoms with Crippen molar-refractivity contribution in [2.24, 2.45) is 0 Å². The number of benzene rings is 1. The summed E-state index contributed by atoms with van der Waals surface area (Å²) in [6.45, 7) is 8.71. The van der Waals surface area contributed by atoms with Crippen LogP contribution in [0.4, 0.5) is 0 Å². The zero-order chi connectivity index (χ0) is 18.7. The average molecular weight is 386 g/mol. The van der Waals surface area contributed by atoms with Gasteiger partial charge in [0.05, 0.1) is 21.4 Å². The number of nitrogens with zero attached hydrogens (tertiary/aromatic N) is 2. The number of rotatable bonds is 6. The Labute approximate surface area is 162 Å². The molecule has 0 unspecified atom stereocenters. The van der Waals surface area contributed by atoms with E-state index in [0.717, 1.165) is 38.3 Å². The number of aryl methyl sites for hydroxylation is 2. The standard InChI is InChI=1S/C20H23N3OS2/c1-12(2)20-22-13(3)18(26-20)19(24)21-10-9-15-5-7-16(8-6-15)17-11-25-14(4)23-17/h5-8,11-12H,9-10H2,1-4H3,(H,21,24). The van der Waals surface area contributed by atoms with Gasteiger partial charge >= 0.3 is 0 Å². The van der Waals surface area contributed by atoms with Crippen molar-refractivity contribution in [2.75, 3.05) is 6.54 Å². The molecule has 3 rings (SSSR count). The summed E-state index contributed by atoms with van der Waals surface area (Å²) in [5.74, 6) is 0.321. The Kier molecular flexibility index (Phi) is 5.84. The molecule has 3 aromatic rings. The number of hydrogen-bond donors (Lipinski definition) is 1. The Hall–Kier alpha value is -2.05. The molecular formula is C20H23N3OS2. The largest absolute Gasteiger partial charge is 0.351 e. The molecule has 136 valence electrons. The van der Waals surface area contributed by atoms with Gasteiger partial charge < -0.3 is 5.32 Å². The molecule has 0 aliphatic carbocycles. The van der Waals surface area contributed by atoms with Gasteiger partial charge in [0.25, 0.3) is 5.91 Å². The smallest absolute Gasteiger partial charge is 0.263 e. The summed E-state index contributed by atoms with van der Waals surface area (Å²) in [5.41, 5.74) is 4.17. The van der Waals surface area contributed by atoms with E-state index in [1.165, 1.54) is 16.9 Å². The predicted octanol–water partition coefficient (Wildman–Crippen LogP) is 4.98. The van der Waals surface area contributed by atoms with Crippen LogP contribution in [0.25, 0.3) is 11.3 Å². The van der Waals surface area contributed by atoms with E-state index in [4.69, 9.17) is 0 Å². The third-order valence-electron chi connectivity index (χ3n) is 4.08. The lowest BCUT2D eigenvalue weighted by atomic mass is 10.1. The topological polar surface area (TPSA) is 54.9 Å². The number of aromatic nitrogens is 2. The molecule has 0 aliphatic rings. The van der Waals surface area contributed by atoms with Crippen LogP contribution in [0.2, 0.25) is 0 Å². The van der Waals surface area contributed by atoms with E-state index in [-0.39, 0.29) is 5.91 Å². The van der Waals surface area contributed by atoms with Gasteiger partial charge in [-0.2, -0.15) is 0 Å². The summed E-state index contributed by atoms with van der Waals surface area (Å²) >= 11 is 3.15. The summed E-state index contributed by atoms with van der Waals surface area (Å²) in [4.78, 5) is 22.1. The van der Waals surface area contributed by atoms with E-state index in [0.29, 0.717) is 12.5 Å². The van der Waals surface area contributed by atoms with E-state index in [1.807, 2.05) is 13.8 Å². The number of carbonyl (C=O) groups is 1. The van der Waals surface area contributed by atoms with E-state index in [1.54, 1.807) is 11.3 Å². The van der Waals surface area contributed by atoms with Crippen LogP contribution in [0.5, 0.6) is 0 Å². The van der Waals surface area contributed by atoms with Crippen LogP contribution in [0.1, 0.15) is 50.7 Å². The summed E-state index contributed by atoms with van der Waals surface area (Å²) in [6.07, 6.45) is 0.803. The Morgan fingerprint density at radius 2 is 1.88 bits per heavy atom. The van der Waals surface area contributed by atoms with Crippen molar-refractivity contribution in [3.05, 3.63) is 55.8 Å². The van der Waals surface area contributed by atoms with Crippen LogP contribution in [0.3, 0.4) is 0 Å². The fraction of sp³-hybridized carbons (Fsp3) is 0.350. The molecule has 4 nitrogen and oxygen atoms in total. The summed E-state index contributed by atoms with van der Waals surface area (Å²) in [6, 6.07) is 8.39. The minimum absolute atomic E-state index is 0.0264. The molecule has 0 saturated carbocycles. The Bertz CT molecular complexity index is 894. The molecule has 1 N–H and O–H groups in total. The first kappa shape index (κ1) is 18.7. The highest BCUT2D eigenvalue weighted by Gasteiger charge is 2.16. The number of carbonyl (C=O) groups excluding carboxylic acids is 1. The van der Waals surface area contributed by atoms with Crippen molar-refractivity contribution in [3.8, 4) is 11.3 Å². The van der Waals surface area contributed by atoms with Gasteiger partial charge in [-0.1, -0.05) is 38.1 Å². The van der Waals surface area contributed by atoms with Crippen molar-refractivity contribution in [3.63, 3.8) is 0 Å². The van der Waals surface area contributed by atoms with Crippen molar-refractivity contribution >= 4 is 28.6 Å². The Morgan fingerprint density at radius 1 is 1.15 bits per heavy atom. The van der Waals surface area contributed by atoms with Crippen molar-refractivity contribution in [1.29, 1.82) is 0 Å². The maximum atomic E-state index is 12.4. The highest BCUT2D eigenvalue weighted by Crippen LogP contribution is 2.24. The zero-order valence-corrected chi connectivity index (χ0v) is 17.1. The molecule has 0 bridgehead atoms. The second-order valence-corrected chi connectivity index (χ2v) is 8.67. The molecule has 1 aromatic carbocycles. The van der Waals surface area contributed by atoms with Gasteiger partial charge in [0.1, 0.15) is 4.88 Å². The zero-order valence-electron chi connectivity index (χ0n) is 15.5. The molecule has 1 amide bonds. The van der Waals surface area contributed by atoms with Gasteiger partial charge in [-0.25, -0.2) is 9.97 Å². The molecule has 0 aliphatic heterocycles. The molecule has 0 radical (unpaired) electrons. The van der Waals surface area contributed by atoms with Crippen molar-refractivity contribution in [1.82, 2.24) is 15.3 Å². The second-order valence-electron chi connectivity index (χ2n) is 6.58. The number of hydrogen-bond acceptors (Lipinski definition) is 5. The van der Waals surface area contributed by atoms with Gasteiger partial charge in [0.2, 0.25) is 0 Å². The first-order valence-electron chi connectivity index (χ1n) is 8.71. The van der Waals surface area contributed by atoms with E-state index < -0.39 is 0 Å². The van der Waals surface area contributed by atoms with Gasteiger partial charge in [-0.3, -0.25) is 4.79 Å². The lowest BCUT2D eigenvalue weighted by molar-refractivity contribution is 0.0957. The minimum atomic E-state index is -0.0264. The first-order chi connectivity index (χ1) is 12.4. The third-order valence-corrected chi connectivity index (χ3v) is 6.31. The quantitative estimate of drug-likeness (QED) is 0.651. The van der Waals surface area contributed by atoms with Crippen LogP contribution < -0.4 is 5.32 Å². The molecule has 0 atom stereocenters. The van der Waals surface area contributed by atoms with Crippen molar-refractivity contribution in [2.45, 2.75) is 40.0 Å². The number of nitrogens with one attached hydrogen (secondary N) is 1. The Balaban J connectivity index is 1.55. The predicted molar refractivity (Wildman–Crippen MR) is 109 cm³/mol. The lowest BCUT2D eigenvalue weighted by Crippen LogP contribution is -2.25. The summed E-state index contributed by atoms with van der Waals surface area (Å²) in [5, 5.41) is 7.18. The van der Waals surface area contributed by atoms with Crippen LogP contribution in [0.15, 0.2) is 29.6 Å². The summed E-state index contributed by atoms with van der Waals surface area (Å²) < 4.78 is 0. The maximum Gasteiger partial charge on any atom is 0.263 e. The van der Waals surface area contributed by atoms with Crippen LogP contribution >= 0.6 is 22.7 Å². The van der Waals surface area contributed by atoms with Gasteiger partial charge in [-0.15, -0.1) is 22.7 Å². The fourth-order valence-corrected chi connectivity index (χ4v) is 4.22. The van der Waals surface area contributed by atoms with Gasteiger partial charge in [0.15, 0.2) is 0 Å². The first-order valence-corrected chi connectivity index (χ1v) is 10.4. The van der Waals surface area contributed by atoms with Gasteiger partial charge in [-0.05, 0) is 25.8 Å². The minimum Gasteiger partial charge on any atom is -0.351 e. The maximum absolute atomic E-state index is 12.4. The van der Waals surface area contributed by atoms with Crippen molar-refractivity contribution < 1.29 is 4.79 Å². The normalized spacial score (nSPS) is 11.1. The number of amides is 1. The van der Waals surface area contributed by atoms with Crippen LogP contribution in [-0.2, 0) is 6.42 Å². The molecule has 6 heteroatoms. The molecular weight excluding hydrogens is 362 g/mol. The molecule has 0 fully saturated rings. The summed E-state index contributed by atoms with van der Waals surface area (Å²) in [7, 11) is 0. The molecule has 0 saturated heterocycles. The molecule has 2 heterocycles. The lowest BCUT2D eigenvalue weighted by Gasteiger charge is -2.05. The average Bonchev–Trinajstić information content (AvgIpc) is 3.21. The SMILES string of the molecule is Cc1nc(-c2ccc(CCNC(=O)c3sc(C(C)C)nc3C)cc2)cs1. The molecule has 26 heavy (non-hydrogen) atoms. The third kappa shape index (κ3) is 4.37. The van der Waals surface area contributed by atoms with E-state index >= 15 is 0 Å². The molecule has 2 aromatic heterocycles. The monoisotopic (exact) mass is 385 g/mol. The molecule has 0 spiro atoms. The number of thiazole rings is 2. The second kappa shape index (κ2) is 8.10. The Morgan fingerprint density at radius 3 is 2.46 bits per heavy atom.